The summed E-state index contributed by atoms with van der Waals surface area (Å²) in [5.74, 6) is -2.60. The highest BCUT2D eigenvalue weighted by Crippen LogP contribution is 2.47. The molecule has 212 valence electrons. The minimum Gasteiger partial charge on any atom is -0.493 e. The van der Waals surface area contributed by atoms with Gasteiger partial charge in [-0.15, -0.1) is 0 Å². The molecule has 0 saturated carbocycles. The lowest BCUT2D eigenvalue weighted by atomic mass is 9.61. The quantitative estimate of drug-likeness (QED) is 0.211. The van der Waals surface area contributed by atoms with Crippen molar-refractivity contribution in [2.24, 2.45) is 22.2 Å². The lowest BCUT2D eigenvalue weighted by Gasteiger charge is -2.43. The highest BCUT2D eigenvalue weighted by Gasteiger charge is 2.49. The number of rotatable bonds is 8. The summed E-state index contributed by atoms with van der Waals surface area (Å²) in [5.41, 5.74) is -1.06. The van der Waals surface area contributed by atoms with E-state index in [-0.39, 0.29) is 16.7 Å². The van der Waals surface area contributed by atoms with E-state index in [1.165, 1.54) is 12.1 Å². The number of carbonyl (C=O) groups excluding carboxylic acids is 1. The molecule has 1 aromatic heterocycles. The molecular weight excluding hydrogens is 509 g/mol. The second kappa shape index (κ2) is 11.1. The number of esters is 1. The maximum absolute atomic E-state index is 13.9. The summed E-state index contributed by atoms with van der Waals surface area (Å²) < 4.78 is 57.7. The molecule has 1 heterocycles. The van der Waals surface area contributed by atoms with E-state index < -0.39 is 47.7 Å². The highest BCUT2D eigenvalue weighted by molar-refractivity contribution is 5.82. The first-order valence-electron chi connectivity index (χ1n) is 12.9. The van der Waals surface area contributed by atoms with Gasteiger partial charge in [0.05, 0.1) is 11.0 Å². The normalized spacial score (nSPS) is 15.0. The molecule has 39 heavy (non-hydrogen) atoms. The fourth-order valence-corrected chi connectivity index (χ4v) is 4.47. The molecule has 8 heteroatoms. The van der Waals surface area contributed by atoms with Crippen LogP contribution in [0.4, 0.5) is 13.2 Å². The van der Waals surface area contributed by atoms with Crippen LogP contribution in [0.15, 0.2) is 63.8 Å². The molecule has 0 amide bonds. The average Bonchev–Trinajstić information content (AvgIpc) is 2.81. The third-order valence-corrected chi connectivity index (χ3v) is 7.11. The number of fused-ring (bicyclic) bond motifs is 1. The first-order chi connectivity index (χ1) is 17.9. The van der Waals surface area contributed by atoms with Crippen LogP contribution in [0.2, 0.25) is 0 Å². The van der Waals surface area contributed by atoms with Crippen LogP contribution in [0, 0.1) is 22.2 Å². The minimum atomic E-state index is -4.66. The average molecular weight is 547 g/mol. The van der Waals surface area contributed by atoms with Crippen molar-refractivity contribution in [3.05, 3.63) is 65.0 Å². The van der Waals surface area contributed by atoms with E-state index in [0.717, 1.165) is 0 Å². The van der Waals surface area contributed by atoms with Crippen molar-refractivity contribution in [3.63, 3.8) is 0 Å². The van der Waals surface area contributed by atoms with Gasteiger partial charge in [0.15, 0.2) is 0 Å². The van der Waals surface area contributed by atoms with Gasteiger partial charge in [0, 0.05) is 11.5 Å². The molecule has 0 fully saturated rings. The highest BCUT2D eigenvalue weighted by atomic mass is 19.4. The predicted octanol–water partition coefficient (Wildman–Crippen LogP) is 8.05. The number of benzene rings is 2. The Hall–Kier alpha value is -3.29. The van der Waals surface area contributed by atoms with Crippen LogP contribution in [-0.2, 0) is 9.53 Å². The summed E-state index contributed by atoms with van der Waals surface area (Å²) in [6.45, 7) is 11.7. The molecule has 0 aliphatic rings. The topological polar surface area (TPSA) is 65.7 Å². The van der Waals surface area contributed by atoms with Crippen LogP contribution in [0.3, 0.4) is 0 Å². The SMILES string of the molecule is CC(C)(C)CC(C)(C(=O)OCC(COc1ccc2cc(-c3ccccc3)c(=O)oc2c1)C(F)(F)F)C(C)(C)C. The first-order valence-corrected chi connectivity index (χ1v) is 12.9. The molecule has 0 radical (unpaired) electrons. The van der Waals surface area contributed by atoms with E-state index >= 15 is 0 Å². The van der Waals surface area contributed by atoms with E-state index in [1.807, 2.05) is 47.6 Å². The van der Waals surface area contributed by atoms with Crippen LogP contribution >= 0.6 is 0 Å². The van der Waals surface area contributed by atoms with E-state index in [1.54, 1.807) is 43.3 Å². The van der Waals surface area contributed by atoms with Gasteiger partial charge < -0.3 is 13.9 Å². The molecule has 2 atom stereocenters. The monoisotopic (exact) mass is 546 g/mol. The van der Waals surface area contributed by atoms with Gasteiger partial charge in [-0.2, -0.15) is 13.2 Å². The first kappa shape index (κ1) is 30.3. The molecule has 0 bridgehead atoms. The number of hydrogen-bond donors (Lipinski definition) is 0. The Labute approximate surface area is 227 Å². The van der Waals surface area contributed by atoms with E-state index in [2.05, 4.69) is 0 Å². The Morgan fingerprint density at radius 3 is 2.10 bits per heavy atom. The van der Waals surface area contributed by atoms with Crippen molar-refractivity contribution in [1.82, 2.24) is 0 Å². The van der Waals surface area contributed by atoms with E-state index in [4.69, 9.17) is 13.9 Å². The maximum atomic E-state index is 13.9. The number of hydrogen-bond acceptors (Lipinski definition) is 5. The van der Waals surface area contributed by atoms with Crippen LogP contribution in [0.1, 0.15) is 54.9 Å². The Morgan fingerprint density at radius 2 is 1.54 bits per heavy atom. The molecule has 0 saturated heterocycles. The summed E-state index contributed by atoms with van der Waals surface area (Å²) in [6, 6.07) is 15.2. The van der Waals surface area contributed by atoms with E-state index in [9.17, 15) is 22.8 Å². The van der Waals surface area contributed by atoms with Crippen molar-refractivity contribution in [3.8, 4) is 16.9 Å². The molecular formula is C31H37F3O5. The van der Waals surface area contributed by atoms with Crippen LogP contribution < -0.4 is 10.4 Å². The van der Waals surface area contributed by atoms with Crippen LogP contribution in [-0.4, -0.2) is 25.4 Å². The van der Waals surface area contributed by atoms with Crippen LogP contribution in [0.5, 0.6) is 5.75 Å². The number of halogens is 3. The Morgan fingerprint density at radius 1 is 0.897 bits per heavy atom. The summed E-state index contributed by atoms with van der Waals surface area (Å²) in [6.07, 6.45) is -4.21. The number of alkyl halides is 3. The lowest BCUT2D eigenvalue weighted by Crippen LogP contribution is -2.45. The predicted molar refractivity (Wildman–Crippen MR) is 146 cm³/mol. The van der Waals surface area contributed by atoms with Gasteiger partial charge in [0.2, 0.25) is 0 Å². The standard InChI is InChI=1S/C31H37F3O5/c1-28(2,3)19-30(7,29(4,5)6)27(36)38-18-22(31(32,33)34)17-37-23-14-13-21-15-24(20-11-9-8-10-12-20)26(35)39-25(21)16-23/h8-16,22H,17-19H2,1-7H3. The fraction of sp³-hybridized carbons (Fsp3) is 0.484. The summed E-state index contributed by atoms with van der Waals surface area (Å²) >= 11 is 0. The van der Waals surface area contributed by atoms with Crippen molar-refractivity contribution >= 4 is 16.9 Å². The smallest absolute Gasteiger partial charge is 0.398 e. The summed E-state index contributed by atoms with van der Waals surface area (Å²) in [4.78, 5) is 25.7. The van der Waals surface area contributed by atoms with Gasteiger partial charge in [-0.1, -0.05) is 71.9 Å². The van der Waals surface area contributed by atoms with Crippen molar-refractivity contribution in [1.29, 1.82) is 0 Å². The molecule has 3 aromatic rings. The molecule has 0 aliphatic heterocycles. The number of ether oxygens (including phenoxy) is 2. The van der Waals surface area contributed by atoms with E-state index in [0.29, 0.717) is 22.9 Å². The molecule has 5 nitrogen and oxygen atoms in total. The Bertz CT molecular complexity index is 1350. The lowest BCUT2D eigenvalue weighted by molar-refractivity contribution is -0.202. The fourth-order valence-electron chi connectivity index (χ4n) is 4.47. The summed E-state index contributed by atoms with van der Waals surface area (Å²) in [5, 5.41) is 0.599. The van der Waals surface area contributed by atoms with Gasteiger partial charge in [-0.3, -0.25) is 4.79 Å². The van der Waals surface area contributed by atoms with Gasteiger partial charge in [0.1, 0.15) is 30.5 Å². The Kier molecular flexibility index (Phi) is 8.58. The second-order valence-electron chi connectivity index (χ2n) is 12.5. The van der Waals surface area contributed by atoms with Crippen molar-refractivity contribution in [2.45, 2.75) is 61.1 Å². The molecule has 3 rings (SSSR count). The third kappa shape index (κ3) is 7.43. The molecule has 2 unspecified atom stereocenters. The van der Waals surface area contributed by atoms with Gasteiger partial charge in [0.25, 0.3) is 0 Å². The molecule has 2 aromatic carbocycles. The van der Waals surface area contributed by atoms with Gasteiger partial charge in [-0.05, 0) is 47.9 Å². The largest absolute Gasteiger partial charge is 0.493 e. The van der Waals surface area contributed by atoms with Crippen molar-refractivity contribution in [2.75, 3.05) is 13.2 Å². The zero-order chi connectivity index (χ0) is 29.2. The van der Waals surface area contributed by atoms with Crippen molar-refractivity contribution < 1.29 is 31.9 Å². The maximum Gasteiger partial charge on any atom is 0.398 e. The molecule has 0 aliphatic carbocycles. The second-order valence-corrected chi connectivity index (χ2v) is 12.5. The molecule has 0 spiro atoms. The van der Waals surface area contributed by atoms with Gasteiger partial charge >= 0.3 is 17.8 Å². The molecule has 0 N–H and O–H groups in total. The number of carbonyl (C=O) groups is 1. The minimum absolute atomic E-state index is 0.103. The van der Waals surface area contributed by atoms with Crippen LogP contribution in [0.25, 0.3) is 22.1 Å². The summed E-state index contributed by atoms with van der Waals surface area (Å²) in [7, 11) is 0. The third-order valence-electron chi connectivity index (χ3n) is 7.11. The zero-order valence-electron chi connectivity index (χ0n) is 23.6. The Balaban J connectivity index is 1.75. The van der Waals surface area contributed by atoms with Gasteiger partial charge in [-0.25, -0.2) is 4.79 Å². The zero-order valence-corrected chi connectivity index (χ0v) is 23.6.